The van der Waals surface area contributed by atoms with Gasteiger partial charge in [0, 0.05) is 11.6 Å². The molecule has 0 aromatic heterocycles. The topological polar surface area (TPSA) is 9.23 Å². The lowest BCUT2D eigenvalue weighted by molar-refractivity contribution is 0.411. The summed E-state index contributed by atoms with van der Waals surface area (Å²) in [5.41, 5.74) is 1.35. The Labute approximate surface area is 129 Å². The Balaban J connectivity index is 2.38. The Kier molecular flexibility index (Phi) is 4.71. The van der Waals surface area contributed by atoms with Crippen LogP contribution in [0.1, 0.15) is 16.0 Å². The molecule has 2 aromatic rings. The third-order valence-corrected chi connectivity index (χ3v) is 4.48. The lowest BCUT2D eigenvalue weighted by Crippen LogP contribution is -1.97. The van der Waals surface area contributed by atoms with Gasteiger partial charge in [0.05, 0.1) is 22.0 Å². The zero-order valence-corrected chi connectivity index (χ0v) is 13.1. The molecule has 0 bridgehead atoms. The predicted octanol–water partition coefficient (Wildman–Crippen LogP) is 5.63. The largest absolute Gasteiger partial charge is 0.497 e. The van der Waals surface area contributed by atoms with Gasteiger partial charge in [-0.2, -0.15) is 0 Å². The molecule has 0 aliphatic rings. The van der Waals surface area contributed by atoms with Gasteiger partial charge in [0.1, 0.15) is 11.6 Å². The van der Waals surface area contributed by atoms with Crippen LogP contribution in [0.25, 0.3) is 0 Å². The summed E-state index contributed by atoms with van der Waals surface area (Å²) < 4.78 is 19.0. The Bertz CT molecular complexity index is 604. The molecule has 0 amide bonds. The molecule has 0 radical (unpaired) electrons. The van der Waals surface area contributed by atoms with Crippen molar-refractivity contribution in [2.75, 3.05) is 7.11 Å². The van der Waals surface area contributed by atoms with Gasteiger partial charge in [-0.05, 0) is 23.8 Å². The lowest BCUT2D eigenvalue weighted by Gasteiger charge is -2.13. The summed E-state index contributed by atoms with van der Waals surface area (Å²) >= 11 is 15.3. The van der Waals surface area contributed by atoms with E-state index in [1.807, 2.05) is 0 Å². The molecule has 100 valence electrons. The van der Waals surface area contributed by atoms with Crippen molar-refractivity contribution >= 4 is 39.1 Å². The molecule has 0 spiro atoms. The van der Waals surface area contributed by atoms with Gasteiger partial charge < -0.3 is 4.74 Å². The second kappa shape index (κ2) is 6.12. The van der Waals surface area contributed by atoms with Crippen molar-refractivity contribution in [2.24, 2.45) is 0 Å². The maximum atomic E-state index is 14.0. The average Bonchev–Trinajstić information content (AvgIpc) is 2.41. The molecule has 0 heterocycles. The summed E-state index contributed by atoms with van der Waals surface area (Å²) in [5, 5.41) is 0.915. The summed E-state index contributed by atoms with van der Waals surface area (Å²) in [6, 6.07) is 9.95. The highest BCUT2D eigenvalue weighted by atomic mass is 79.9. The minimum atomic E-state index is -0.340. The number of methoxy groups -OCH3 is 1. The van der Waals surface area contributed by atoms with Crippen LogP contribution in [0.2, 0.25) is 10.0 Å². The smallest absolute Gasteiger partial charge is 0.131 e. The fourth-order valence-electron chi connectivity index (χ4n) is 1.69. The molecular formula is C14H10BrCl2FO. The molecule has 0 aliphatic carbocycles. The Morgan fingerprint density at radius 2 is 1.84 bits per heavy atom. The first-order valence-electron chi connectivity index (χ1n) is 5.45. The lowest BCUT2D eigenvalue weighted by atomic mass is 10.0. The number of hydrogen-bond acceptors (Lipinski definition) is 1. The van der Waals surface area contributed by atoms with Crippen LogP contribution in [0.15, 0.2) is 36.4 Å². The molecule has 1 atom stereocenters. The monoisotopic (exact) mass is 362 g/mol. The maximum Gasteiger partial charge on any atom is 0.131 e. The molecule has 0 fully saturated rings. The van der Waals surface area contributed by atoms with Crippen LogP contribution >= 0.6 is 39.1 Å². The van der Waals surface area contributed by atoms with Crippen molar-refractivity contribution in [3.8, 4) is 5.75 Å². The Morgan fingerprint density at radius 3 is 2.42 bits per heavy atom. The minimum absolute atomic E-state index is 0.298. The highest BCUT2D eigenvalue weighted by Crippen LogP contribution is 2.36. The van der Waals surface area contributed by atoms with E-state index in [0.29, 0.717) is 21.4 Å². The van der Waals surface area contributed by atoms with Crippen molar-refractivity contribution < 1.29 is 9.13 Å². The van der Waals surface area contributed by atoms with Crippen LogP contribution in [-0.4, -0.2) is 7.11 Å². The fourth-order valence-corrected chi connectivity index (χ4v) is 2.65. The first-order valence-corrected chi connectivity index (χ1v) is 7.12. The second-order valence-electron chi connectivity index (χ2n) is 3.92. The molecule has 19 heavy (non-hydrogen) atoms. The normalized spacial score (nSPS) is 12.3. The molecule has 0 saturated carbocycles. The standard InChI is InChI=1S/C14H10BrCl2FO/c1-19-9-3-4-10(13(18)7-9)14(15)8-2-5-11(16)12(17)6-8/h2-7,14H,1H3. The SMILES string of the molecule is COc1ccc(C(Br)c2ccc(Cl)c(Cl)c2)c(F)c1. The van der Waals surface area contributed by atoms with Crippen LogP contribution in [0.4, 0.5) is 4.39 Å². The highest BCUT2D eigenvalue weighted by Gasteiger charge is 2.16. The molecule has 2 aromatic carbocycles. The van der Waals surface area contributed by atoms with Crippen LogP contribution in [0.3, 0.4) is 0 Å². The summed E-state index contributed by atoms with van der Waals surface area (Å²) in [4.78, 5) is -0.298. The van der Waals surface area contributed by atoms with E-state index in [1.165, 1.54) is 13.2 Å². The van der Waals surface area contributed by atoms with Crippen molar-refractivity contribution in [3.63, 3.8) is 0 Å². The van der Waals surface area contributed by atoms with Gasteiger partial charge in [-0.15, -0.1) is 0 Å². The zero-order valence-electron chi connectivity index (χ0n) is 9.96. The van der Waals surface area contributed by atoms with E-state index in [0.717, 1.165) is 5.56 Å². The van der Waals surface area contributed by atoms with E-state index in [9.17, 15) is 4.39 Å². The minimum Gasteiger partial charge on any atom is -0.497 e. The fraction of sp³-hybridized carbons (Fsp3) is 0.143. The molecule has 0 N–H and O–H groups in total. The average molecular weight is 364 g/mol. The predicted molar refractivity (Wildman–Crippen MR) is 80.2 cm³/mol. The number of halogens is 4. The quantitative estimate of drug-likeness (QED) is 0.642. The van der Waals surface area contributed by atoms with Crippen molar-refractivity contribution in [3.05, 3.63) is 63.4 Å². The zero-order chi connectivity index (χ0) is 14.0. The Hall–Kier alpha value is -0.770. The summed E-state index contributed by atoms with van der Waals surface area (Å²) in [6.45, 7) is 0. The van der Waals surface area contributed by atoms with Crippen molar-refractivity contribution in [1.82, 2.24) is 0 Å². The highest BCUT2D eigenvalue weighted by molar-refractivity contribution is 9.09. The van der Waals surface area contributed by atoms with Gasteiger partial charge in [0.25, 0.3) is 0 Å². The first kappa shape index (κ1) is 14.6. The van der Waals surface area contributed by atoms with E-state index in [-0.39, 0.29) is 10.6 Å². The van der Waals surface area contributed by atoms with Crippen molar-refractivity contribution in [2.45, 2.75) is 4.83 Å². The molecule has 0 aliphatic heterocycles. The first-order chi connectivity index (χ1) is 9.02. The summed E-state index contributed by atoms with van der Waals surface area (Å²) in [5.74, 6) is 0.141. The van der Waals surface area contributed by atoms with Gasteiger partial charge in [0.15, 0.2) is 0 Å². The maximum absolute atomic E-state index is 14.0. The van der Waals surface area contributed by atoms with Crippen molar-refractivity contribution in [1.29, 1.82) is 0 Å². The van der Waals surface area contributed by atoms with Gasteiger partial charge in [-0.25, -0.2) is 4.39 Å². The molecule has 1 nitrogen and oxygen atoms in total. The van der Waals surface area contributed by atoms with Gasteiger partial charge in [-0.3, -0.25) is 0 Å². The van der Waals surface area contributed by atoms with Gasteiger partial charge >= 0.3 is 0 Å². The van der Waals surface area contributed by atoms with Gasteiger partial charge in [-0.1, -0.05) is 51.3 Å². The van der Waals surface area contributed by atoms with E-state index in [2.05, 4.69) is 15.9 Å². The van der Waals surface area contributed by atoms with Crippen LogP contribution < -0.4 is 4.74 Å². The third kappa shape index (κ3) is 3.22. The van der Waals surface area contributed by atoms with E-state index < -0.39 is 0 Å². The number of hydrogen-bond donors (Lipinski definition) is 0. The molecule has 5 heteroatoms. The molecular weight excluding hydrogens is 354 g/mol. The van der Waals surface area contributed by atoms with Crippen LogP contribution in [0.5, 0.6) is 5.75 Å². The van der Waals surface area contributed by atoms with Crippen LogP contribution in [0, 0.1) is 5.82 Å². The number of ether oxygens (including phenoxy) is 1. The Morgan fingerprint density at radius 1 is 1.11 bits per heavy atom. The van der Waals surface area contributed by atoms with E-state index >= 15 is 0 Å². The van der Waals surface area contributed by atoms with E-state index in [4.69, 9.17) is 27.9 Å². The summed E-state index contributed by atoms with van der Waals surface area (Å²) in [7, 11) is 1.50. The molecule has 2 rings (SSSR count). The number of benzene rings is 2. The molecule has 1 unspecified atom stereocenters. The van der Waals surface area contributed by atoms with E-state index in [1.54, 1.807) is 30.3 Å². The van der Waals surface area contributed by atoms with Gasteiger partial charge in [0.2, 0.25) is 0 Å². The molecule has 0 saturated heterocycles. The van der Waals surface area contributed by atoms with Crippen LogP contribution in [-0.2, 0) is 0 Å². The summed E-state index contributed by atoms with van der Waals surface area (Å²) in [6.07, 6.45) is 0. The number of alkyl halides is 1. The second-order valence-corrected chi connectivity index (χ2v) is 5.65. The number of rotatable bonds is 3. The third-order valence-electron chi connectivity index (χ3n) is 2.72.